The van der Waals surface area contributed by atoms with Crippen LogP contribution in [0.5, 0.6) is 5.75 Å². The van der Waals surface area contributed by atoms with Crippen molar-refractivity contribution in [1.29, 1.82) is 0 Å². The molecule has 1 heterocycles. The predicted octanol–water partition coefficient (Wildman–Crippen LogP) is 3.25. The summed E-state index contributed by atoms with van der Waals surface area (Å²) < 4.78 is 32.6. The van der Waals surface area contributed by atoms with Gasteiger partial charge in [0.1, 0.15) is 10.9 Å². The minimum Gasteiger partial charge on any atom is -0.493 e. The summed E-state index contributed by atoms with van der Waals surface area (Å²) in [5, 5.41) is 0.313. The molecule has 0 saturated heterocycles. The normalized spacial score (nSPS) is 11.2. The number of halogens is 2. The van der Waals surface area contributed by atoms with Crippen molar-refractivity contribution in [1.82, 2.24) is 9.71 Å². The summed E-state index contributed by atoms with van der Waals surface area (Å²) in [7, 11) is -3.99. The Morgan fingerprint density at radius 1 is 1.36 bits per heavy atom. The Hall–Kier alpha value is -1.64. The fraction of sp³-hybridized carbons (Fsp3) is 0.250. The smallest absolute Gasteiger partial charge is 0.264 e. The van der Waals surface area contributed by atoms with E-state index in [9.17, 15) is 13.2 Å². The zero-order chi connectivity index (χ0) is 18.6. The molecule has 1 aromatic carbocycles. The van der Waals surface area contributed by atoms with E-state index in [0.29, 0.717) is 27.5 Å². The van der Waals surface area contributed by atoms with Crippen LogP contribution in [0.2, 0.25) is 5.15 Å². The number of amides is 1. The second-order valence-electron chi connectivity index (χ2n) is 5.16. The monoisotopic (exact) mass is 446 g/mol. The SMILES string of the molecule is CCOc1ccc(S(=O)(=O)NC(=O)Cc2cnc(Cl)cc2C)cc1Br. The molecule has 0 radical (unpaired) electrons. The van der Waals surface area contributed by atoms with Crippen molar-refractivity contribution in [3.8, 4) is 5.75 Å². The number of rotatable bonds is 6. The Balaban J connectivity index is 2.15. The lowest BCUT2D eigenvalue weighted by molar-refractivity contribution is -0.118. The molecule has 9 heteroatoms. The minimum absolute atomic E-state index is 0.0397. The first-order valence-electron chi connectivity index (χ1n) is 7.32. The van der Waals surface area contributed by atoms with Gasteiger partial charge >= 0.3 is 0 Å². The lowest BCUT2D eigenvalue weighted by atomic mass is 10.1. The number of hydrogen-bond acceptors (Lipinski definition) is 5. The first-order chi connectivity index (χ1) is 11.7. The highest BCUT2D eigenvalue weighted by molar-refractivity contribution is 9.10. The number of ether oxygens (including phenoxy) is 1. The summed E-state index contributed by atoms with van der Waals surface area (Å²) >= 11 is 9.02. The van der Waals surface area contributed by atoms with E-state index in [0.717, 1.165) is 5.56 Å². The number of aromatic nitrogens is 1. The van der Waals surface area contributed by atoms with E-state index in [-0.39, 0.29) is 11.3 Å². The van der Waals surface area contributed by atoms with Crippen molar-refractivity contribution < 1.29 is 17.9 Å². The molecule has 0 aliphatic carbocycles. The Bertz CT molecular complexity index is 903. The maximum absolute atomic E-state index is 12.4. The maximum Gasteiger partial charge on any atom is 0.264 e. The second-order valence-corrected chi connectivity index (χ2v) is 8.09. The van der Waals surface area contributed by atoms with Crippen LogP contribution in [-0.2, 0) is 21.2 Å². The first-order valence-corrected chi connectivity index (χ1v) is 9.97. The van der Waals surface area contributed by atoms with Gasteiger partial charge in [0.25, 0.3) is 10.0 Å². The van der Waals surface area contributed by atoms with Gasteiger partial charge in [0.15, 0.2) is 0 Å². The van der Waals surface area contributed by atoms with Gasteiger partial charge in [-0.05, 0) is 65.2 Å². The molecule has 25 heavy (non-hydrogen) atoms. The van der Waals surface area contributed by atoms with Crippen LogP contribution in [0.3, 0.4) is 0 Å². The quantitative estimate of drug-likeness (QED) is 0.687. The molecule has 0 saturated carbocycles. The number of benzene rings is 1. The van der Waals surface area contributed by atoms with Crippen molar-refractivity contribution in [2.75, 3.05) is 6.61 Å². The van der Waals surface area contributed by atoms with Crippen LogP contribution < -0.4 is 9.46 Å². The Morgan fingerprint density at radius 3 is 2.68 bits per heavy atom. The van der Waals surface area contributed by atoms with E-state index < -0.39 is 15.9 Å². The van der Waals surface area contributed by atoms with E-state index in [1.54, 1.807) is 13.0 Å². The summed E-state index contributed by atoms with van der Waals surface area (Å²) in [6, 6.07) is 5.90. The summed E-state index contributed by atoms with van der Waals surface area (Å²) in [4.78, 5) is 16.0. The predicted molar refractivity (Wildman–Crippen MR) is 98.3 cm³/mol. The van der Waals surface area contributed by atoms with E-state index in [1.165, 1.54) is 24.4 Å². The van der Waals surface area contributed by atoms with Gasteiger partial charge in [-0.15, -0.1) is 0 Å². The third-order valence-corrected chi connectivity index (χ3v) is 5.50. The molecule has 0 fully saturated rings. The first kappa shape index (κ1) is 19.7. The second kappa shape index (κ2) is 8.16. The van der Waals surface area contributed by atoms with E-state index >= 15 is 0 Å². The highest BCUT2D eigenvalue weighted by Gasteiger charge is 2.20. The van der Waals surface area contributed by atoms with Crippen molar-refractivity contribution >= 4 is 43.5 Å². The van der Waals surface area contributed by atoms with Gasteiger partial charge in [-0.25, -0.2) is 18.1 Å². The van der Waals surface area contributed by atoms with Crippen LogP contribution in [0.4, 0.5) is 0 Å². The fourth-order valence-corrected chi connectivity index (χ4v) is 3.94. The molecule has 0 aliphatic heterocycles. The molecular weight excluding hydrogens is 432 g/mol. The molecule has 0 spiro atoms. The van der Waals surface area contributed by atoms with Crippen LogP contribution in [0, 0.1) is 6.92 Å². The molecule has 1 aromatic heterocycles. The van der Waals surface area contributed by atoms with Crippen LogP contribution in [0.15, 0.2) is 39.8 Å². The number of hydrogen-bond donors (Lipinski definition) is 1. The topological polar surface area (TPSA) is 85.4 Å². The third kappa shape index (κ3) is 5.17. The number of sulfonamides is 1. The van der Waals surface area contributed by atoms with Crippen LogP contribution in [0.25, 0.3) is 0 Å². The average molecular weight is 448 g/mol. The Labute approximate surface area is 159 Å². The highest BCUT2D eigenvalue weighted by Crippen LogP contribution is 2.27. The molecule has 2 rings (SSSR count). The van der Waals surface area contributed by atoms with Crippen LogP contribution in [0.1, 0.15) is 18.1 Å². The van der Waals surface area contributed by atoms with Crippen molar-refractivity contribution in [3.05, 3.63) is 51.2 Å². The molecule has 6 nitrogen and oxygen atoms in total. The average Bonchev–Trinajstić information content (AvgIpc) is 2.51. The van der Waals surface area contributed by atoms with Crippen molar-refractivity contribution in [2.24, 2.45) is 0 Å². The Morgan fingerprint density at radius 2 is 2.08 bits per heavy atom. The number of nitrogens with zero attached hydrogens (tertiary/aromatic N) is 1. The molecule has 0 bridgehead atoms. The van der Waals surface area contributed by atoms with Gasteiger partial charge in [-0.1, -0.05) is 11.6 Å². The van der Waals surface area contributed by atoms with E-state index in [4.69, 9.17) is 16.3 Å². The standard InChI is InChI=1S/C16H16BrClN2O4S/c1-3-24-14-5-4-12(8-13(14)17)25(22,23)20-16(21)7-11-9-19-15(18)6-10(11)2/h4-6,8-9H,3,7H2,1-2H3,(H,20,21). The lowest BCUT2D eigenvalue weighted by Gasteiger charge is -2.10. The van der Waals surface area contributed by atoms with Gasteiger partial charge in [0, 0.05) is 6.20 Å². The molecule has 1 amide bonds. The van der Waals surface area contributed by atoms with Gasteiger partial charge in [0.05, 0.1) is 22.4 Å². The third-order valence-electron chi connectivity index (χ3n) is 3.30. The lowest BCUT2D eigenvalue weighted by Crippen LogP contribution is -2.32. The molecule has 0 atom stereocenters. The molecular formula is C16H16BrClN2O4S. The zero-order valence-electron chi connectivity index (χ0n) is 13.5. The summed E-state index contributed by atoms with van der Waals surface area (Å²) in [5.41, 5.74) is 1.36. The number of nitrogens with one attached hydrogen (secondary N) is 1. The van der Waals surface area contributed by atoms with Gasteiger partial charge in [-0.2, -0.15) is 0 Å². The molecule has 0 unspecified atom stereocenters. The van der Waals surface area contributed by atoms with E-state index in [1.807, 2.05) is 6.92 Å². The molecule has 0 aliphatic rings. The van der Waals surface area contributed by atoms with E-state index in [2.05, 4.69) is 25.6 Å². The minimum atomic E-state index is -3.99. The van der Waals surface area contributed by atoms with Gasteiger partial charge in [0.2, 0.25) is 5.91 Å². The largest absolute Gasteiger partial charge is 0.493 e. The molecule has 1 N–H and O–H groups in total. The van der Waals surface area contributed by atoms with Crippen LogP contribution >= 0.6 is 27.5 Å². The highest BCUT2D eigenvalue weighted by atomic mass is 79.9. The number of carbonyl (C=O) groups is 1. The Kier molecular flexibility index (Phi) is 6.42. The van der Waals surface area contributed by atoms with Gasteiger partial charge < -0.3 is 4.74 Å². The summed E-state index contributed by atoms with van der Waals surface area (Å²) in [6.45, 7) is 4.05. The summed E-state index contributed by atoms with van der Waals surface area (Å²) in [6.07, 6.45) is 1.34. The fourth-order valence-electron chi connectivity index (χ4n) is 2.07. The maximum atomic E-state index is 12.4. The molecule has 134 valence electrons. The zero-order valence-corrected chi connectivity index (χ0v) is 16.7. The van der Waals surface area contributed by atoms with Crippen LogP contribution in [-0.4, -0.2) is 25.9 Å². The number of carbonyl (C=O) groups excluding carboxylic acids is 1. The molecule has 2 aromatic rings. The number of aryl methyl sites for hydroxylation is 1. The van der Waals surface area contributed by atoms with Crippen molar-refractivity contribution in [2.45, 2.75) is 25.2 Å². The van der Waals surface area contributed by atoms with Crippen molar-refractivity contribution in [3.63, 3.8) is 0 Å². The summed E-state index contributed by atoms with van der Waals surface area (Å²) in [5.74, 6) is -0.132. The number of pyridine rings is 1. The van der Waals surface area contributed by atoms with Gasteiger partial charge in [-0.3, -0.25) is 4.79 Å².